The van der Waals surface area contributed by atoms with Crippen molar-refractivity contribution in [1.29, 1.82) is 0 Å². The Balaban J connectivity index is 1.57. The number of hydrogen-bond acceptors (Lipinski definition) is 4. The van der Waals surface area contributed by atoms with E-state index in [0.717, 1.165) is 16.8 Å². The topological polar surface area (TPSA) is 59.6 Å². The van der Waals surface area contributed by atoms with E-state index in [-0.39, 0.29) is 12.5 Å². The van der Waals surface area contributed by atoms with Gasteiger partial charge < -0.3 is 20.1 Å². The Morgan fingerprint density at radius 2 is 1.80 bits per heavy atom. The molecule has 0 saturated carbocycles. The Kier molecular flexibility index (Phi) is 7.20. The lowest BCUT2D eigenvalue weighted by Crippen LogP contribution is -2.20. The molecule has 0 radical (unpaired) electrons. The van der Waals surface area contributed by atoms with Crippen molar-refractivity contribution in [2.75, 3.05) is 24.4 Å². The highest BCUT2D eigenvalue weighted by atomic mass is 35.5. The Hall–Kier alpha value is -3.18. The number of rotatable bonds is 8. The van der Waals surface area contributed by atoms with Gasteiger partial charge in [-0.15, -0.1) is 0 Å². The van der Waals surface area contributed by atoms with Crippen molar-refractivity contribution in [3.63, 3.8) is 0 Å². The number of amides is 1. The second-order valence-electron chi connectivity index (χ2n) is 7.01. The highest BCUT2D eigenvalue weighted by Crippen LogP contribution is 2.28. The fourth-order valence-corrected chi connectivity index (χ4v) is 3.09. The molecule has 3 rings (SSSR count). The number of carbonyl (C=O) groups excluding carboxylic acids is 1. The minimum absolute atomic E-state index is 0.136. The second kappa shape index (κ2) is 10.0. The fourth-order valence-electron chi connectivity index (χ4n) is 2.91. The SMILES string of the molecule is COc1cc(CNc2cccc(C)c2)ccc1OCC(=O)Nc1ccc(C)c(Cl)c1. The lowest BCUT2D eigenvalue weighted by atomic mass is 10.2. The minimum atomic E-state index is -0.276. The van der Waals surface area contributed by atoms with E-state index in [4.69, 9.17) is 21.1 Å². The molecular formula is C24H25ClN2O3. The number of anilines is 2. The molecule has 5 nitrogen and oxygen atoms in total. The first-order valence-corrected chi connectivity index (χ1v) is 9.98. The molecule has 0 fully saturated rings. The standard InChI is InChI=1S/C24H25ClN2O3/c1-16-5-4-6-19(11-16)26-14-18-8-10-22(23(12-18)29-3)30-15-24(28)27-20-9-7-17(2)21(25)13-20/h4-13,26H,14-15H2,1-3H3,(H,27,28). The number of nitrogens with one attached hydrogen (secondary N) is 2. The molecule has 0 unspecified atom stereocenters. The predicted molar refractivity (Wildman–Crippen MR) is 122 cm³/mol. The van der Waals surface area contributed by atoms with E-state index in [0.29, 0.717) is 28.8 Å². The number of halogens is 1. The molecule has 0 aliphatic rings. The maximum atomic E-state index is 12.2. The van der Waals surface area contributed by atoms with Gasteiger partial charge in [-0.2, -0.15) is 0 Å². The second-order valence-corrected chi connectivity index (χ2v) is 7.42. The van der Waals surface area contributed by atoms with Gasteiger partial charge in [0.15, 0.2) is 18.1 Å². The van der Waals surface area contributed by atoms with Gasteiger partial charge in [0.2, 0.25) is 0 Å². The molecule has 0 bridgehead atoms. The molecule has 0 saturated heterocycles. The summed E-state index contributed by atoms with van der Waals surface area (Å²) in [4.78, 5) is 12.2. The number of aryl methyl sites for hydroxylation is 2. The van der Waals surface area contributed by atoms with Crippen LogP contribution in [0.25, 0.3) is 0 Å². The van der Waals surface area contributed by atoms with Crippen LogP contribution in [-0.4, -0.2) is 19.6 Å². The van der Waals surface area contributed by atoms with E-state index in [1.54, 1.807) is 19.2 Å². The van der Waals surface area contributed by atoms with Gasteiger partial charge in [0.1, 0.15) is 0 Å². The summed E-state index contributed by atoms with van der Waals surface area (Å²) < 4.78 is 11.1. The normalized spacial score (nSPS) is 10.4. The van der Waals surface area contributed by atoms with Gasteiger partial charge in [0.05, 0.1) is 7.11 Å². The van der Waals surface area contributed by atoms with Crippen LogP contribution in [0.1, 0.15) is 16.7 Å². The van der Waals surface area contributed by atoms with E-state index < -0.39 is 0 Å². The van der Waals surface area contributed by atoms with Crippen molar-refractivity contribution < 1.29 is 14.3 Å². The summed E-state index contributed by atoms with van der Waals surface area (Å²) >= 11 is 6.09. The molecular weight excluding hydrogens is 400 g/mol. The zero-order chi connectivity index (χ0) is 21.5. The molecule has 0 aliphatic heterocycles. The van der Waals surface area contributed by atoms with E-state index in [1.807, 2.05) is 43.3 Å². The van der Waals surface area contributed by atoms with Crippen LogP contribution in [-0.2, 0) is 11.3 Å². The molecule has 30 heavy (non-hydrogen) atoms. The van der Waals surface area contributed by atoms with Crippen LogP contribution in [0.5, 0.6) is 11.5 Å². The van der Waals surface area contributed by atoms with Crippen LogP contribution in [0.2, 0.25) is 5.02 Å². The summed E-state index contributed by atoms with van der Waals surface area (Å²) in [6.45, 7) is 4.48. The molecule has 156 valence electrons. The fraction of sp³-hybridized carbons (Fsp3) is 0.208. The van der Waals surface area contributed by atoms with Crippen LogP contribution >= 0.6 is 11.6 Å². The van der Waals surface area contributed by atoms with Gasteiger partial charge in [0, 0.05) is 22.9 Å². The average molecular weight is 425 g/mol. The first-order chi connectivity index (χ1) is 14.4. The van der Waals surface area contributed by atoms with E-state index in [2.05, 4.69) is 29.7 Å². The minimum Gasteiger partial charge on any atom is -0.493 e. The molecule has 0 spiro atoms. The summed E-state index contributed by atoms with van der Waals surface area (Å²) in [5.74, 6) is 0.806. The number of carbonyl (C=O) groups is 1. The van der Waals surface area contributed by atoms with Gasteiger partial charge in [-0.3, -0.25) is 4.79 Å². The number of methoxy groups -OCH3 is 1. The average Bonchev–Trinajstić information content (AvgIpc) is 2.73. The molecule has 3 aromatic rings. The lowest BCUT2D eigenvalue weighted by Gasteiger charge is -2.13. The Labute approximate surface area is 182 Å². The molecule has 0 atom stereocenters. The van der Waals surface area contributed by atoms with Crippen molar-refractivity contribution in [2.45, 2.75) is 20.4 Å². The van der Waals surface area contributed by atoms with Crippen molar-refractivity contribution in [2.24, 2.45) is 0 Å². The highest BCUT2D eigenvalue weighted by molar-refractivity contribution is 6.31. The zero-order valence-corrected chi connectivity index (χ0v) is 18.0. The Bertz CT molecular complexity index is 1040. The largest absolute Gasteiger partial charge is 0.493 e. The predicted octanol–water partition coefficient (Wildman–Crippen LogP) is 5.60. The third kappa shape index (κ3) is 5.91. The van der Waals surface area contributed by atoms with E-state index in [1.165, 1.54) is 5.56 Å². The quantitative estimate of drug-likeness (QED) is 0.494. The van der Waals surface area contributed by atoms with Crippen LogP contribution in [0.15, 0.2) is 60.7 Å². The van der Waals surface area contributed by atoms with Gasteiger partial charge in [0.25, 0.3) is 5.91 Å². The number of hydrogen-bond donors (Lipinski definition) is 2. The molecule has 1 amide bonds. The van der Waals surface area contributed by atoms with E-state index in [9.17, 15) is 4.79 Å². The maximum Gasteiger partial charge on any atom is 0.262 e. The summed E-state index contributed by atoms with van der Waals surface area (Å²) in [6.07, 6.45) is 0. The summed E-state index contributed by atoms with van der Waals surface area (Å²) in [5, 5.41) is 6.76. The van der Waals surface area contributed by atoms with Gasteiger partial charge in [-0.1, -0.05) is 35.9 Å². The lowest BCUT2D eigenvalue weighted by molar-refractivity contribution is -0.118. The maximum absolute atomic E-state index is 12.2. The zero-order valence-electron chi connectivity index (χ0n) is 17.3. The third-order valence-electron chi connectivity index (χ3n) is 4.56. The molecule has 6 heteroatoms. The highest BCUT2D eigenvalue weighted by Gasteiger charge is 2.10. The Morgan fingerprint density at radius 3 is 2.53 bits per heavy atom. The van der Waals surface area contributed by atoms with Crippen LogP contribution in [0, 0.1) is 13.8 Å². The van der Waals surface area contributed by atoms with Gasteiger partial charge >= 0.3 is 0 Å². The summed E-state index contributed by atoms with van der Waals surface area (Å²) in [5.41, 5.74) is 4.88. The first kappa shape index (κ1) is 21.5. The monoisotopic (exact) mass is 424 g/mol. The molecule has 2 N–H and O–H groups in total. The summed E-state index contributed by atoms with van der Waals surface area (Å²) in [6, 6.07) is 19.2. The summed E-state index contributed by atoms with van der Waals surface area (Å²) in [7, 11) is 1.58. The molecule has 0 aliphatic carbocycles. The molecule has 0 heterocycles. The Morgan fingerprint density at radius 1 is 0.967 bits per heavy atom. The third-order valence-corrected chi connectivity index (χ3v) is 4.96. The first-order valence-electron chi connectivity index (χ1n) is 9.61. The van der Waals surface area contributed by atoms with Crippen LogP contribution in [0.3, 0.4) is 0 Å². The van der Waals surface area contributed by atoms with Gasteiger partial charge in [-0.05, 0) is 66.9 Å². The molecule has 0 aromatic heterocycles. The van der Waals surface area contributed by atoms with Crippen molar-refractivity contribution >= 4 is 28.9 Å². The van der Waals surface area contributed by atoms with Crippen LogP contribution in [0.4, 0.5) is 11.4 Å². The van der Waals surface area contributed by atoms with Crippen molar-refractivity contribution in [3.05, 3.63) is 82.4 Å². The van der Waals surface area contributed by atoms with E-state index >= 15 is 0 Å². The van der Waals surface area contributed by atoms with Crippen LogP contribution < -0.4 is 20.1 Å². The van der Waals surface area contributed by atoms with Crippen molar-refractivity contribution in [3.8, 4) is 11.5 Å². The van der Waals surface area contributed by atoms with Gasteiger partial charge in [-0.25, -0.2) is 0 Å². The number of benzene rings is 3. The van der Waals surface area contributed by atoms with Crippen molar-refractivity contribution in [1.82, 2.24) is 0 Å². The number of ether oxygens (including phenoxy) is 2. The molecule has 3 aromatic carbocycles. The smallest absolute Gasteiger partial charge is 0.262 e.